The van der Waals surface area contributed by atoms with Crippen LogP contribution in [0.5, 0.6) is 0 Å². The molecule has 9 heteroatoms. The molecule has 0 spiro atoms. The van der Waals surface area contributed by atoms with Crippen molar-refractivity contribution in [1.29, 1.82) is 0 Å². The number of nitrogens with zero attached hydrogens (tertiary/aromatic N) is 3. The minimum absolute atomic E-state index is 0. The van der Waals surface area contributed by atoms with Crippen molar-refractivity contribution in [3.63, 3.8) is 0 Å². The summed E-state index contributed by atoms with van der Waals surface area (Å²) in [6.45, 7) is 6.81. The van der Waals surface area contributed by atoms with Gasteiger partial charge in [-0.3, -0.25) is 9.69 Å². The summed E-state index contributed by atoms with van der Waals surface area (Å²) < 4.78 is 27.1. The quantitative estimate of drug-likeness (QED) is 0.820. The van der Waals surface area contributed by atoms with Gasteiger partial charge in [0.05, 0.1) is 5.69 Å². The van der Waals surface area contributed by atoms with Crippen molar-refractivity contribution in [3.8, 4) is 0 Å². The molecule has 3 rings (SSSR count). The number of carbonyl (C=O) groups excluding carboxylic acids is 1. The maximum absolute atomic E-state index is 13.8. The highest BCUT2D eigenvalue weighted by atomic mass is 35.5. The molecular weight excluding hydrogens is 385 g/mol. The molecule has 2 heterocycles. The lowest BCUT2D eigenvalue weighted by Crippen LogP contribution is -2.49. The van der Waals surface area contributed by atoms with Gasteiger partial charge in [0.25, 0.3) is 0 Å². The lowest BCUT2D eigenvalue weighted by molar-refractivity contribution is -0.132. The molecule has 0 unspecified atom stereocenters. The smallest absolute Gasteiger partial charge is 0.223 e. The van der Waals surface area contributed by atoms with Crippen LogP contribution in [0, 0.1) is 11.6 Å². The van der Waals surface area contributed by atoms with Crippen LogP contribution in [-0.2, 0) is 4.79 Å². The third kappa shape index (κ3) is 5.94. The monoisotopic (exact) mass is 410 g/mol. The fourth-order valence-electron chi connectivity index (χ4n) is 3.27. The number of hydrogen-bond donors (Lipinski definition) is 1. The van der Waals surface area contributed by atoms with Crippen LogP contribution in [0.1, 0.15) is 6.42 Å². The number of anilines is 1. The summed E-state index contributed by atoms with van der Waals surface area (Å²) in [5, 5.41) is 3.24. The van der Waals surface area contributed by atoms with E-state index in [4.69, 9.17) is 0 Å². The molecular formula is C17H26Cl2F2N4O. The van der Waals surface area contributed by atoms with Gasteiger partial charge in [0.15, 0.2) is 0 Å². The van der Waals surface area contributed by atoms with E-state index >= 15 is 0 Å². The Bertz CT molecular complexity index is 580. The van der Waals surface area contributed by atoms with Crippen LogP contribution in [0.3, 0.4) is 0 Å². The van der Waals surface area contributed by atoms with Gasteiger partial charge in [-0.25, -0.2) is 8.78 Å². The van der Waals surface area contributed by atoms with E-state index in [0.717, 1.165) is 51.9 Å². The maximum atomic E-state index is 13.8. The molecule has 0 aromatic heterocycles. The Morgan fingerprint density at radius 3 is 2.31 bits per heavy atom. The number of nitrogens with one attached hydrogen (secondary N) is 1. The zero-order chi connectivity index (χ0) is 16.9. The van der Waals surface area contributed by atoms with Gasteiger partial charge < -0.3 is 15.1 Å². The van der Waals surface area contributed by atoms with Gasteiger partial charge in [-0.1, -0.05) is 0 Å². The zero-order valence-electron chi connectivity index (χ0n) is 14.6. The highest BCUT2D eigenvalue weighted by molar-refractivity contribution is 5.85. The summed E-state index contributed by atoms with van der Waals surface area (Å²) in [6, 6.07) is 3.55. The number of piperazine rings is 2. The molecule has 1 aromatic carbocycles. The predicted molar refractivity (Wildman–Crippen MR) is 104 cm³/mol. The second-order valence-electron chi connectivity index (χ2n) is 6.31. The van der Waals surface area contributed by atoms with Gasteiger partial charge >= 0.3 is 0 Å². The first-order chi connectivity index (χ1) is 11.6. The first-order valence-corrected chi connectivity index (χ1v) is 8.54. The SMILES string of the molecule is Cl.Cl.O=C(CCN1CCN(c2cc(F)ccc2F)CC1)N1CCNCC1. The van der Waals surface area contributed by atoms with Crippen LogP contribution in [-0.4, -0.2) is 74.6 Å². The Kier molecular flexibility index (Phi) is 9.57. The lowest BCUT2D eigenvalue weighted by Gasteiger charge is -2.36. The molecule has 1 amide bonds. The topological polar surface area (TPSA) is 38.8 Å². The summed E-state index contributed by atoms with van der Waals surface area (Å²) in [6.07, 6.45) is 0.522. The van der Waals surface area contributed by atoms with E-state index in [0.29, 0.717) is 25.2 Å². The average molecular weight is 411 g/mol. The van der Waals surface area contributed by atoms with Crippen LogP contribution in [0.15, 0.2) is 18.2 Å². The van der Waals surface area contributed by atoms with Gasteiger partial charge in [-0.2, -0.15) is 0 Å². The molecule has 1 aromatic rings. The molecule has 2 fully saturated rings. The molecule has 0 radical (unpaired) electrons. The Morgan fingerprint density at radius 2 is 1.65 bits per heavy atom. The van der Waals surface area contributed by atoms with Gasteiger partial charge in [0.2, 0.25) is 5.91 Å². The largest absolute Gasteiger partial charge is 0.367 e. The van der Waals surface area contributed by atoms with Gasteiger partial charge in [-0.15, -0.1) is 24.8 Å². The molecule has 0 atom stereocenters. The molecule has 0 saturated carbocycles. The number of amides is 1. The van der Waals surface area contributed by atoms with E-state index in [1.807, 2.05) is 9.80 Å². The van der Waals surface area contributed by atoms with Crippen molar-refractivity contribution < 1.29 is 13.6 Å². The van der Waals surface area contributed by atoms with Gasteiger partial charge in [0.1, 0.15) is 11.6 Å². The van der Waals surface area contributed by atoms with Crippen LogP contribution in [0.25, 0.3) is 0 Å². The normalized spacial score (nSPS) is 18.1. The minimum Gasteiger partial charge on any atom is -0.367 e. The van der Waals surface area contributed by atoms with Crippen molar-refractivity contribution >= 4 is 36.4 Å². The van der Waals surface area contributed by atoms with E-state index in [1.165, 1.54) is 12.1 Å². The van der Waals surface area contributed by atoms with E-state index in [2.05, 4.69) is 10.2 Å². The summed E-state index contributed by atoms with van der Waals surface area (Å²) in [4.78, 5) is 18.2. The minimum atomic E-state index is -0.421. The van der Waals surface area contributed by atoms with E-state index in [9.17, 15) is 13.6 Å². The first-order valence-electron chi connectivity index (χ1n) is 8.54. The Morgan fingerprint density at radius 1 is 1.00 bits per heavy atom. The third-order valence-electron chi connectivity index (χ3n) is 4.73. The van der Waals surface area contributed by atoms with Crippen LogP contribution < -0.4 is 10.2 Å². The summed E-state index contributed by atoms with van der Waals surface area (Å²) in [5.74, 6) is -0.607. The Hall–Kier alpha value is -1.15. The number of rotatable bonds is 4. The van der Waals surface area contributed by atoms with Crippen molar-refractivity contribution in [2.75, 3.05) is 63.8 Å². The van der Waals surface area contributed by atoms with Crippen LogP contribution in [0.4, 0.5) is 14.5 Å². The van der Waals surface area contributed by atoms with Crippen LogP contribution in [0.2, 0.25) is 0 Å². The molecule has 2 aliphatic heterocycles. The number of hydrogen-bond acceptors (Lipinski definition) is 4. The van der Waals surface area contributed by atoms with Crippen LogP contribution >= 0.6 is 24.8 Å². The van der Waals surface area contributed by atoms with Crippen molar-refractivity contribution in [3.05, 3.63) is 29.8 Å². The summed E-state index contributed by atoms with van der Waals surface area (Å²) in [5.41, 5.74) is 0.326. The highest BCUT2D eigenvalue weighted by Gasteiger charge is 2.22. The average Bonchev–Trinajstić information content (AvgIpc) is 2.63. The molecule has 5 nitrogen and oxygen atoms in total. The molecule has 1 N–H and O–H groups in total. The third-order valence-corrected chi connectivity index (χ3v) is 4.73. The molecule has 0 bridgehead atoms. The Balaban J connectivity index is 0.00000169. The van der Waals surface area contributed by atoms with Crippen molar-refractivity contribution in [2.24, 2.45) is 0 Å². The van der Waals surface area contributed by atoms with Gasteiger partial charge in [-0.05, 0) is 12.1 Å². The van der Waals surface area contributed by atoms with E-state index in [1.54, 1.807) is 0 Å². The van der Waals surface area contributed by atoms with E-state index in [-0.39, 0.29) is 30.7 Å². The number of carbonyl (C=O) groups is 1. The second-order valence-corrected chi connectivity index (χ2v) is 6.31. The molecule has 2 aliphatic rings. The molecule has 148 valence electrons. The van der Waals surface area contributed by atoms with E-state index < -0.39 is 11.6 Å². The molecule has 2 saturated heterocycles. The fraction of sp³-hybridized carbons (Fsp3) is 0.588. The molecule has 0 aliphatic carbocycles. The lowest BCUT2D eigenvalue weighted by atomic mass is 10.2. The fourth-order valence-corrected chi connectivity index (χ4v) is 3.27. The summed E-state index contributed by atoms with van der Waals surface area (Å²) in [7, 11) is 0. The highest BCUT2D eigenvalue weighted by Crippen LogP contribution is 2.21. The maximum Gasteiger partial charge on any atom is 0.223 e. The van der Waals surface area contributed by atoms with Crippen molar-refractivity contribution in [1.82, 2.24) is 15.1 Å². The summed E-state index contributed by atoms with van der Waals surface area (Å²) >= 11 is 0. The zero-order valence-corrected chi connectivity index (χ0v) is 16.3. The first kappa shape index (κ1) is 22.9. The Labute approximate surface area is 165 Å². The molecule has 26 heavy (non-hydrogen) atoms. The van der Waals surface area contributed by atoms with Gasteiger partial charge in [0, 0.05) is 71.4 Å². The number of benzene rings is 1. The van der Waals surface area contributed by atoms with Crippen molar-refractivity contribution in [2.45, 2.75) is 6.42 Å². The second kappa shape index (κ2) is 10.9. The standard InChI is InChI=1S/C17H24F2N4O.2ClH/c18-14-1-2-15(19)16(13-14)22-11-9-21(10-12-22)6-3-17(24)23-7-4-20-5-8-23;;/h1-2,13,20H,3-12H2;2*1H. The predicted octanol–water partition coefficient (Wildman–Crippen LogP) is 1.75. The number of halogens is 4.